The van der Waals surface area contributed by atoms with Crippen molar-refractivity contribution >= 4 is 31.9 Å². The van der Waals surface area contributed by atoms with E-state index in [1.807, 2.05) is 0 Å². The van der Waals surface area contributed by atoms with Crippen LogP contribution in [0.4, 0.5) is 0 Å². The van der Waals surface area contributed by atoms with Gasteiger partial charge in [-0.1, -0.05) is 117 Å². The van der Waals surface area contributed by atoms with Gasteiger partial charge in [-0.25, -0.2) is 0 Å². The molecular weight excluding hydrogens is 604 g/mol. The van der Waals surface area contributed by atoms with Crippen LogP contribution in [0.3, 0.4) is 0 Å². The molecular formula is C33H50Br2O3. The van der Waals surface area contributed by atoms with Crippen LogP contribution in [-0.4, -0.2) is 13.2 Å². The summed E-state index contributed by atoms with van der Waals surface area (Å²) in [6, 6.07) is 12.6. The van der Waals surface area contributed by atoms with E-state index in [1.165, 1.54) is 44.1 Å². The number of ether oxygens (including phenoxy) is 3. The molecule has 0 heterocycles. The number of hydrogen-bond donors (Lipinski definition) is 0. The maximum absolute atomic E-state index is 6.32. The molecule has 2 atom stereocenters. The van der Waals surface area contributed by atoms with Crippen molar-refractivity contribution in [2.75, 3.05) is 13.2 Å². The summed E-state index contributed by atoms with van der Waals surface area (Å²) in [5.74, 6) is 4.68. The summed E-state index contributed by atoms with van der Waals surface area (Å²) < 4.78 is 18.9. The lowest BCUT2D eigenvalue weighted by molar-refractivity contribution is 0.229. The van der Waals surface area contributed by atoms with E-state index in [4.69, 9.17) is 14.2 Å². The highest BCUT2D eigenvalue weighted by molar-refractivity contribution is 9.08. The van der Waals surface area contributed by atoms with Crippen LogP contribution in [0.2, 0.25) is 0 Å². The molecule has 0 aliphatic carbocycles. The molecule has 0 saturated carbocycles. The molecule has 0 saturated heterocycles. The van der Waals surface area contributed by atoms with Gasteiger partial charge < -0.3 is 14.2 Å². The lowest BCUT2D eigenvalue weighted by Crippen LogP contribution is -2.12. The Morgan fingerprint density at radius 2 is 1.50 bits per heavy atom. The van der Waals surface area contributed by atoms with Gasteiger partial charge in [0.25, 0.3) is 0 Å². The summed E-state index contributed by atoms with van der Waals surface area (Å²) in [5.41, 5.74) is 3.41. The predicted molar refractivity (Wildman–Crippen MR) is 169 cm³/mol. The van der Waals surface area contributed by atoms with Gasteiger partial charge in [-0.2, -0.15) is 0 Å². The smallest absolute Gasteiger partial charge is 0.124 e. The van der Waals surface area contributed by atoms with Crippen LogP contribution in [-0.2, 0) is 17.3 Å². The Morgan fingerprint density at radius 1 is 0.737 bits per heavy atom. The predicted octanol–water partition coefficient (Wildman–Crippen LogP) is 10.9. The van der Waals surface area contributed by atoms with Crippen LogP contribution in [0.15, 0.2) is 36.4 Å². The second-order valence-electron chi connectivity index (χ2n) is 11.1. The maximum atomic E-state index is 6.32. The second-order valence-corrected chi connectivity index (χ2v) is 12.2. The van der Waals surface area contributed by atoms with Crippen LogP contribution in [0.1, 0.15) is 103 Å². The molecule has 0 amide bonds. The molecule has 0 aliphatic rings. The zero-order valence-corrected chi connectivity index (χ0v) is 27.5. The Labute approximate surface area is 249 Å². The molecule has 2 aromatic rings. The van der Waals surface area contributed by atoms with Crippen molar-refractivity contribution in [1.29, 1.82) is 0 Å². The minimum absolute atomic E-state index is 0.470. The van der Waals surface area contributed by atoms with Gasteiger partial charge in [-0.15, -0.1) is 0 Å². The van der Waals surface area contributed by atoms with E-state index in [0.29, 0.717) is 18.4 Å². The zero-order valence-electron chi connectivity index (χ0n) is 24.4. The second kappa shape index (κ2) is 19.0. The summed E-state index contributed by atoms with van der Waals surface area (Å²) >= 11 is 7.15. The lowest BCUT2D eigenvalue weighted by Gasteiger charge is -2.18. The number of benzene rings is 2. The average Bonchev–Trinajstić information content (AvgIpc) is 2.91. The summed E-state index contributed by atoms with van der Waals surface area (Å²) in [6.45, 7) is 13.4. The fraction of sp³-hybridized carbons (Fsp3) is 0.636. The van der Waals surface area contributed by atoms with Crippen molar-refractivity contribution in [1.82, 2.24) is 0 Å². The molecule has 0 bridgehead atoms. The fourth-order valence-electron chi connectivity index (χ4n) is 4.48. The molecule has 0 N–H and O–H groups in total. The first-order valence-electron chi connectivity index (χ1n) is 14.6. The van der Waals surface area contributed by atoms with Gasteiger partial charge in [-0.3, -0.25) is 0 Å². The SMILES string of the molecule is CCCCC(CC)COc1cc(COc2cc(CBr)ccc2CBr)cc(OCCC(C)CCCC(C)C)c1. The summed E-state index contributed by atoms with van der Waals surface area (Å²) in [5, 5.41) is 1.56. The number of hydrogen-bond acceptors (Lipinski definition) is 3. The third kappa shape index (κ3) is 12.8. The van der Waals surface area contributed by atoms with E-state index in [1.54, 1.807) is 0 Å². The minimum Gasteiger partial charge on any atom is -0.493 e. The zero-order chi connectivity index (χ0) is 27.8. The van der Waals surface area contributed by atoms with E-state index < -0.39 is 0 Å². The van der Waals surface area contributed by atoms with Gasteiger partial charge in [-0.05, 0) is 59.9 Å². The summed E-state index contributed by atoms with van der Waals surface area (Å²) in [4.78, 5) is 0. The Morgan fingerprint density at radius 3 is 2.16 bits per heavy atom. The molecule has 0 spiro atoms. The van der Waals surface area contributed by atoms with Gasteiger partial charge >= 0.3 is 0 Å². The summed E-state index contributed by atoms with van der Waals surface area (Å²) in [6.07, 6.45) is 9.77. The largest absolute Gasteiger partial charge is 0.493 e. The Hall–Kier alpha value is -1.20. The van der Waals surface area contributed by atoms with Crippen molar-refractivity contribution in [3.8, 4) is 17.2 Å². The molecule has 0 fully saturated rings. The number of alkyl halides is 2. The van der Waals surface area contributed by atoms with Gasteiger partial charge in [0.15, 0.2) is 0 Å². The highest BCUT2D eigenvalue weighted by Gasteiger charge is 2.11. The van der Waals surface area contributed by atoms with Crippen LogP contribution in [0.5, 0.6) is 17.2 Å². The lowest BCUT2D eigenvalue weighted by atomic mass is 9.98. The van der Waals surface area contributed by atoms with Gasteiger partial charge in [0.2, 0.25) is 0 Å². The fourth-order valence-corrected chi connectivity index (χ4v) is 5.29. The Balaban J connectivity index is 2.09. The van der Waals surface area contributed by atoms with Gasteiger partial charge in [0.05, 0.1) is 13.2 Å². The van der Waals surface area contributed by atoms with Crippen LogP contribution in [0.25, 0.3) is 0 Å². The number of halogens is 2. The molecule has 5 heteroatoms. The van der Waals surface area contributed by atoms with Crippen molar-refractivity contribution in [2.24, 2.45) is 17.8 Å². The third-order valence-electron chi connectivity index (χ3n) is 7.15. The average molecular weight is 655 g/mol. The van der Waals surface area contributed by atoms with Crippen molar-refractivity contribution in [2.45, 2.75) is 103 Å². The molecule has 2 aromatic carbocycles. The minimum atomic E-state index is 0.470. The van der Waals surface area contributed by atoms with Crippen molar-refractivity contribution in [3.05, 3.63) is 53.1 Å². The maximum Gasteiger partial charge on any atom is 0.124 e. The molecule has 3 nitrogen and oxygen atoms in total. The van der Waals surface area contributed by atoms with E-state index in [-0.39, 0.29) is 0 Å². The highest BCUT2D eigenvalue weighted by Crippen LogP contribution is 2.29. The Bertz CT molecular complexity index is 915. The van der Waals surface area contributed by atoms with Crippen LogP contribution in [0, 0.1) is 17.8 Å². The van der Waals surface area contributed by atoms with Gasteiger partial charge in [0, 0.05) is 22.3 Å². The van der Waals surface area contributed by atoms with Crippen molar-refractivity contribution in [3.63, 3.8) is 0 Å². The first kappa shape index (κ1) is 33.0. The molecule has 0 aliphatic heterocycles. The van der Waals surface area contributed by atoms with Gasteiger partial charge in [0.1, 0.15) is 23.9 Å². The van der Waals surface area contributed by atoms with E-state index in [2.05, 4.69) is 103 Å². The van der Waals surface area contributed by atoms with Crippen LogP contribution < -0.4 is 14.2 Å². The van der Waals surface area contributed by atoms with E-state index >= 15 is 0 Å². The molecule has 38 heavy (non-hydrogen) atoms. The molecule has 2 rings (SSSR count). The molecule has 0 radical (unpaired) electrons. The van der Waals surface area contributed by atoms with E-state index in [0.717, 1.165) is 71.0 Å². The standard InChI is InChI=1S/C33H50Br2O3/c1-6-8-12-27(7-2)23-37-32-18-29(24-38-33-19-28(21-34)13-14-30(33)22-35)17-31(20-32)36-16-15-26(5)11-9-10-25(3)4/h13-14,17-20,25-27H,6-12,15-16,21-24H2,1-5H3. The monoisotopic (exact) mass is 652 g/mol. The molecule has 0 aromatic heterocycles. The first-order valence-corrected chi connectivity index (χ1v) is 16.9. The normalized spacial score (nSPS) is 12.9. The number of rotatable bonds is 20. The number of unbranched alkanes of at least 4 members (excludes halogenated alkanes) is 1. The van der Waals surface area contributed by atoms with E-state index in [9.17, 15) is 0 Å². The highest BCUT2D eigenvalue weighted by atomic mass is 79.9. The Kier molecular flexibility index (Phi) is 16.5. The van der Waals surface area contributed by atoms with Crippen LogP contribution >= 0.6 is 31.9 Å². The third-order valence-corrected chi connectivity index (χ3v) is 8.40. The van der Waals surface area contributed by atoms with Crippen molar-refractivity contribution < 1.29 is 14.2 Å². The first-order chi connectivity index (χ1) is 18.4. The summed E-state index contributed by atoms with van der Waals surface area (Å²) in [7, 11) is 0. The molecule has 214 valence electrons. The quantitative estimate of drug-likeness (QED) is 0.133. The molecule has 2 unspecified atom stereocenters. The topological polar surface area (TPSA) is 27.7 Å².